The Morgan fingerprint density at radius 2 is 1.77 bits per heavy atom. The summed E-state index contributed by atoms with van der Waals surface area (Å²) in [6, 6.07) is 17.1. The Balaban J connectivity index is 1.91. The number of rotatable bonds is 5. The van der Waals surface area contributed by atoms with Gasteiger partial charge in [0.25, 0.3) is 0 Å². The summed E-state index contributed by atoms with van der Waals surface area (Å²) in [4.78, 5) is 8.94. The Hall–Kier alpha value is -3.59. The molecule has 0 aliphatic rings. The molecule has 0 aliphatic carbocycles. The number of anilines is 4. The Morgan fingerprint density at radius 1 is 0.962 bits per heavy atom. The van der Waals surface area contributed by atoms with Crippen LogP contribution in [0.3, 0.4) is 0 Å². The van der Waals surface area contributed by atoms with Crippen molar-refractivity contribution in [3.05, 3.63) is 65.4 Å². The second-order valence-electron chi connectivity index (χ2n) is 5.83. The van der Waals surface area contributed by atoms with Crippen LogP contribution in [-0.4, -0.2) is 17.1 Å². The predicted molar refractivity (Wildman–Crippen MR) is 102 cm³/mol. The second-order valence-corrected chi connectivity index (χ2v) is 5.83. The third kappa shape index (κ3) is 3.90. The first kappa shape index (κ1) is 17.2. The lowest BCUT2D eigenvalue weighted by atomic mass is 10.2. The molecule has 2 aromatic carbocycles. The second kappa shape index (κ2) is 7.53. The maximum absolute atomic E-state index is 9.24. The number of nitrogens with one attached hydrogen (secondary N) is 2. The van der Waals surface area contributed by atoms with Crippen LogP contribution < -0.4 is 15.4 Å². The van der Waals surface area contributed by atoms with Crippen molar-refractivity contribution < 1.29 is 4.74 Å². The summed E-state index contributed by atoms with van der Waals surface area (Å²) in [5, 5.41) is 15.6. The van der Waals surface area contributed by atoms with E-state index in [9.17, 15) is 5.26 Å². The highest BCUT2D eigenvalue weighted by Gasteiger charge is 2.09. The quantitative estimate of drug-likeness (QED) is 0.710. The fraction of sp³-hybridized carbons (Fsp3) is 0.150. The van der Waals surface area contributed by atoms with Crippen LogP contribution in [0, 0.1) is 25.2 Å². The topological polar surface area (TPSA) is 82.9 Å². The molecule has 0 fully saturated rings. The number of hydrogen-bond acceptors (Lipinski definition) is 6. The summed E-state index contributed by atoms with van der Waals surface area (Å²) in [5.74, 6) is 1.77. The lowest BCUT2D eigenvalue weighted by Crippen LogP contribution is -2.04. The predicted octanol–water partition coefficient (Wildman–Crippen LogP) is 4.46. The van der Waals surface area contributed by atoms with E-state index in [1.165, 1.54) is 0 Å². The third-order valence-electron chi connectivity index (χ3n) is 3.77. The van der Waals surface area contributed by atoms with Crippen LogP contribution in [0.15, 0.2) is 48.5 Å². The summed E-state index contributed by atoms with van der Waals surface area (Å²) >= 11 is 0. The van der Waals surface area contributed by atoms with Gasteiger partial charge < -0.3 is 15.4 Å². The highest BCUT2D eigenvalue weighted by atomic mass is 16.5. The number of aromatic nitrogens is 2. The molecule has 0 aliphatic heterocycles. The minimum Gasteiger partial charge on any atom is -0.495 e. The number of aryl methyl sites for hydroxylation is 2. The maximum atomic E-state index is 9.24. The molecule has 0 saturated carbocycles. The zero-order valence-electron chi connectivity index (χ0n) is 14.9. The number of ether oxygens (including phenoxy) is 1. The number of nitriles is 1. The highest BCUT2D eigenvalue weighted by molar-refractivity contribution is 5.67. The number of methoxy groups -OCH3 is 1. The molecule has 26 heavy (non-hydrogen) atoms. The molecule has 0 unspecified atom stereocenters. The van der Waals surface area contributed by atoms with Gasteiger partial charge >= 0.3 is 0 Å². The zero-order chi connectivity index (χ0) is 18.5. The molecule has 0 amide bonds. The van der Waals surface area contributed by atoms with Crippen molar-refractivity contribution in [2.45, 2.75) is 13.8 Å². The SMILES string of the molecule is COc1ccc(C)cc1Nc1nc(C)cc(Nc2ccccc2C#N)n1. The van der Waals surface area contributed by atoms with E-state index in [4.69, 9.17) is 4.74 Å². The highest BCUT2D eigenvalue weighted by Crippen LogP contribution is 2.28. The summed E-state index contributed by atoms with van der Waals surface area (Å²) in [6.45, 7) is 3.90. The average molecular weight is 345 g/mol. The number of benzene rings is 2. The van der Waals surface area contributed by atoms with Gasteiger partial charge in [0.15, 0.2) is 0 Å². The first-order chi connectivity index (χ1) is 12.6. The smallest absolute Gasteiger partial charge is 0.229 e. The summed E-state index contributed by atoms with van der Waals surface area (Å²) in [6.07, 6.45) is 0. The van der Waals surface area contributed by atoms with Gasteiger partial charge in [-0.05, 0) is 43.7 Å². The molecule has 2 N–H and O–H groups in total. The first-order valence-electron chi connectivity index (χ1n) is 8.12. The van der Waals surface area contributed by atoms with Gasteiger partial charge in [-0.2, -0.15) is 10.2 Å². The van der Waals surface area contributed by atoms with Crippen molar-refractivity contribution in [3.8, 4) is 11.8 Å². The molecule has 0 saturated heterocycles. The van der Waals surface area contributed by atoms with E-state index in [-0.39, 0.29) is 0 Å². The molecule has 0 spiro atoms. The number of para-hydroxylation sites is 1. The standard InChI is InChI=1S/C20H19N5O/c1-13-8-9-18(26-3)17(10-13)24-20-22-14(2)11-19(25-20)23-16-7-5-4-6-15(16)12-21/h4-11H,1-3H3,(H2,22,23,24,25). The Kier molecular flexibility index (Phi) is 4.99. The van der Waals surface area contributed by atoms with E-state index in [0.29, 0.717) is 28.8 Å². The monoisotopic (exact) mass is 345 g/mol. The van der Waals surface area contributed by atoms with Crippen LogP contribution in [0.2, 0.25) is 0 Å². The van der Waals surface area contributed by atoms with Crippen molar-refractivity contribution in [1.29, 1.82) is 5.26 Å². The van der Waals surface area contributed by atoms with E-state index in [0.717, 1.165) is 16.9 Å². The number of nitrogens with zero attached hydrogens (tertiary/aromatic N) is 3. The summed E-state index contributed by atoms with van der Waals surface area (Å²) < 4.78 is 5.39. The van der Waals surface area contributed by atoms with E-state index in [1.54, 1.807) is 13.2 Å². The Labute approximate surface area is 152 Å². The van der Waals surface area contributed by atoms with E-state index < -0.39 is 0 Å². The van der Waals surface area contributed by atoms with Crippen molar-refractivity contribution in [1.82, 2.24) is 9.97 Å². The zero-order valence-corrected chi connectivity index (χ0v) is 14.9. The molecule has 3 aromatic rings. The van der Waals surface area contributed by atoms with E-state index >= 15 is 0 Å². The van der Waals surface area contributed by atoms with Gasteiger partial charge in [-0.1, -0.05) is 18.2 Å². The molecular weight excluding hydrogens is 326 g/mol. The van der Waals surface area contributed by atoms with Gasteiger partial charge in [0, 0.05) is 11.8 Å². The average Bonchev–Trinajstić information content (AvgIpc) is 2.62. The largest absolute Gasteiger partial charge is 0.495 e. The van der Waals surface area contributed by atoms with Gasteiger partial charge in [-0.25, -0.2) is 4.98 Å². The van der Waals surface area contributed by atoms with Crippen LogP contribution in [0.4, 0.5) is 23.1 Å². The van der Waals surface area contributed by atoms with Gasteiger partial charge in [0.2, 0.25) is 5.95 Å². The minimum absolute atomic E-state index is 0.450. The summed E-state index contributed by atoms with van der Waals surface area (Å²) in [5.41, 5.74) is 3.94. The fourth-order valence-corrected chi connectivity index (χ4v) is 2.56. The normalized spacial score (nSPS) is 10.1. The minimum atomic E-state index is 0.450. The van der Waals surface area contributed by atoms with Gasteiger partial charge in [-0.3, -0.25) is 0 Å². The third-order valence-corrected chi connectivity index (χ3v) is 3.77. The molecule has 0 atom stereocenters. The molecule has 1 aromatic heterocycles. The molecule has 6 nitrogen and oxygen atoms in total. The van der Waals surface area contributed by atoms with Crippen molar-refractivity contribution >= 4 is 23.1 Å². The summed E-state index contributed by atoms with van der Waals surface area (Å²) in [7, 11) is 1.62. The van der Waals surface area contributed by atoms with Crippen LogP contribution in [0.5, 0.6) is 5.75 Å². The van der Waals surface area contributed by atoms with Crippen LogP contribution in [-0.2, 0) is 0 Å². The molecule has 0 radical (unpaired) electrons. The lowest BCUT2D eigenvalue weighted by molar-refractivity contribution is 0.416. The van der Waals surface area contributed by atoms with Gasteiger partial charge in [0.05, 0.1) is 24.0 Å². The molecule has 6 heteroatoms. The fourth-order valence-electron chi connectivity index (χ4n) is 2.56. The van der Waals surface area contributed by atoms with Crippen molar-refractivity contribution in [2.24, 2.45) is 0 Å². The molecular formula is C20H19N5O. The Morgan fingerprint density at radius 3 is 2.54 bits per heavy atom. The molecule has 1 heterocycles. The van der Waals surface area contributed by atoms with Crippen molar-refractivity contribution in [2.75, 3.05) is 17.7 Å². The van der Waals surface area contributed by atoms with Crippen LogP contribution >= 0.6 is 0 Å². The van der Waals surface area contributed by atoms with Crippen molar-refractivity contribution in [3.63, 3.8) is 0 Å². The van der Waals surface area contributed by atoms with E-state index in [2.05, 4.69) is 26.7 Å². The number of hydrogen-bond donors (Lipinski definition) is 2. The molecule has 0 bridgehead atoms. The molecule has 3 rings (SSSR count). The van der Waals surface area contributed by atoms with E-state index in [1.807, 2.05) is 56.3 Å². The Bertz CT molecular complexity index is 978. The van der Waals surface area contributed by atoms with Gasteiger partial charge in [0.1, 0.15) is 17.6 Å². The van der Waals surface area contributed by atoms with Crippen LogP contribution in [0.25, 0.3) is 0 Å². The van der Waals surface area contributed by atoms with Crippen LogP contribution in [0.1, 0.15) is 16.8 Å². The lowest BCUT2D eigenvalue weighted by Gasteiger charge is -2.13. The van der Waals surface area contributed by atoms with Gasteiger partial charge in [-0.15, -0.1) is 0 Å². The first-order valence-corrected chi connectivity index (χ1v) is 8.12. The maximum Gasteiger partial charge on any atom is 0.229 e. The molecule has 130 valence electrons.